The second-order valence-electron chi connectivity index (χ2n) is 5.75. The molecule has 106 valence electrons. The predicted molar refractivity (Wildman–Crippen MR) is 78.9 cm³/mol. The van der Waals surface area contributed by atoms with E-state index in [-0.39, 0.29) is 5.60 Å². The fraction of sp³-hybridized carbons (Fsp3) is 0.600. The van der Waals surface area contributed by atoms with Gasteiger partial charge >= 0.3 is 0 Å². The van der Waals surface area contributed by atoms with Gasteiger partial charge in [-0.2, -0.15) is 0 Å². The van der Waals surface area contributed by atoms with Gasteiger partial charge in [0.15, 0.2) is 0 Å². The average Bonchev–Trinajstić information content (AvgIpc) is 2.96. The highest BCUT2D eigenvalue weighted by Crippen LogP contribution is 2.41. The van der Waals surface area contributed by atoms with E-state index in [4.69, 9.17) is 15.6 Å². The maximum absolute atomic E-state index is 7.00. The summed E-state index contributed by atoms with van der Waals surface area (Å²) in [5.74, 6) is 1.02. The fourth-order valence-corrected chi connectivity index (χ4v) is 2.89. The zero-order chi connectivity index (χ0) is 14.0. The fourth-order valence-electron chi connectivity index (χ4n) is 2.89. The zero-order valence-corrected chi connectivity index (χ0v) is 12.1. The number of hydrogen-bond donors (Lipinski definition) is 2. The molecule has 3 N–H and O–H groups in total. The summed E-state index contributed by atoms with van der Waals surface area (Å²) in [4.78, 5) is 2.37. The predicted octanol–water partition coefficient (Wildman–Crippen LogP) is 2.19. The Bertz CT molecular complexity index is 452. The van der Waals surface area contributed by atoms with Crippen LogP contribution in [0.4, 0.5) is 11.4 Å². The lowest BCUT2D eigenvalue weighted by atomic mass is 10.0. The van der Waals surface area contributed by atoms with E-state index in [1.165, 1.54) is 18.4 Å². The number of rotatable bonds is 1. The summed E-state index contributed by atoms with van der Waals surface area (Å²) in [5.41, 5.74) is 9.37. The second kappa shape index (κ2) is 5.29. The van der Waals surface area contributed by atoms with Gasteiger partial charge < -0.3 is 20.5 Å². The third kappa shape index (κ3) is 2.78. The highest BCUT2D eigenvalue weighted by Gasteiger charge is 2.31. The molecule has 1 saturated heterocycles. The molecule has 2 heterocycles. The second-order valence-corrected chi connectivity index (χ2v) is 5.75. The van der Waals surface area contributed by atoms with Crippen LogP contribution < -0.4 is 15.4 Å². The Morgan fingerprint density at radius 3 is 2.47 bits per heavy atom. The van der Waals surface area contributed by atoms with Gasteiger partial charge in [-0.1, -0.05) is 0 Å². The maximum Gasteiger partial charge on any atom is 0.125 e. The van der Waals surface area contributed by atoms with Crippen LogP contribution in [0.3, 0.4) is 0 Å². The van der Waals surface area contributed by atoms with Gasteiger partial charge in [-0.05, 0) is 32.8 Å². The van der Waals surface area contributed by atoms with Crippen molar-refractivity contribution in [3.05, 3.63) is 17.7 Å². The molecule has 4 nitrogen and oxygen atoms in total. The minimum absolute atomic E-state index is 0.0849. The first-order valence-corrected chi connectivity index (χ1v) is 6.86. The molecule has 2 aliphatic rings. The molecule has 19 heavy (non-hydrogen) atoms. The van der Waals surface area contributed by atoms with Crippen LogP contribution in [-0.4, -0.2) is 30.9 Å². The van der Waals surface area contributed by atoms with Crippen LogP contribution in [0.25, 0.3) is 0 Å². The Balaban J connectivity index is 0.000000637. The molecule has 0 radical (unpaired) electrons. The van der Waals surface area contributed by atoms with Gasteiger partial charge in [-0.15, -0.1) is 0 Å². The Morgan fingerprint density at radius 2 is 1.84 bits per heavy atom. The van der Waals surface area contributed by atoms with Gasteiger partial charge in [0.05, 0.1) is 11.4 Å². The molecule has 0 aromatic heterocycles. The molecular formula is C15H24N2O2. The zero-order valence-electron chi connectivity index (χ0n) is 12.1. The first-order valence-electron chi connectivity index (χ1n) is 6.86. The lowest BCUT2D eigenvalue weighted by Crippen LogP contribution is -2.24. The SMILES string of the molecule is CC1(C)Cc2cc(N)c(N3CCCC3)cc2O1.CO. The van der Waals surface area contributed by atoms with Gasteiger partial charge in [0.1, 0.15) is 11.4 Å². The lowest BCUT2D eigenvalue weighted by Gasteiger charge is -2.21. The average molecular weight is 264 g/mol. The minimum Gasteiger partial charge on any atom is -0.487 e. The Labute approximate surface area is 115 Å². The molecule has 1 fully saturated rings. The van der Waals surface area contributed by atoms with Gasteiger partial charge in [-0.25, -0.2) is 0 Å². The van der Waals surface area contributed by atoms with Gasteiger partial charge in [0.25, 0.3) is 0 Å². The van der Waals surface area contributed by atoms with Crippen molar-refractivity contribution in [3.63, 3.8) is 0 Å². The van der Waals surface area contributed by atoms with Gasteiger partial charge in [-0.3, -0.25) is 0 Å². The van der Waals surface area contributed by atoms with Crippen molar-refractivity contribution in [2.75, 3.05) is 30.8 Å². The molecule has 1 aromatic rings. The van der Waals surface area contributed by atoms with Crippen LogP contribution >= 0.6 is 0 Å². The van der Waals surface area contributed by atoms with E-state index in [1.54, 1.807) is 0 Å². The van der Waals surface area contributed by atoms with Crippen LogP contribution in [0.2, 0.25) is 0 Å². The summed E-state index contributed by atoms with van der Waals surface area (Å²) >= 11 is 0. The van der Waals surface area contributed by atoms with Crippen LogP contribution in [0.1, 0.15) is 32.3 Å². The maximum atomic E-state index is 7.00. The van der Waals surface area contributed by atoms with Crippen LogP contribution in [0.15, 0.2) is 12.1 Å². The number of hydrogen-bond acceptors (Lipinski definition) is 4. The van der Waals surface area contributed by atoms with E-state index in [1.807, 2.05) is 0 Å². The number of fused-ring (bicyclic) bond motifs is 1. The Kier molecular flexibility index (Phi) is 3.90. The monoisotopic (exact) mass is 264 g/mol. The van der Waals surface area contributed by atoms with E-state index in [0.29, 0.717) is 0 Å². The minimum atomic E-state index is -0.0849. The number of aliphatic hydroxyl groups is 1. The van der Waals surface area contributed by atoms with Crippen molar-refractivity contribution in [2.24, 2.45) is 0 Å². The molecule has 1 aromatic carbocycles. The lowest BCUT2D eigenvalue weighted by molar-refractivity contribution is 0.138. The Hall–Kier alpha value is -1.42. The van der Waals surface area contributed by atoms with E-state index >= 15 is 0 Å². The topological polar surface area (TPSA) is 58.7 Å². The van der Waals surface area contributed by atoms with Crippen LogP contribution in [-0.2, 0) is 6.42 Å². The molecule has 0 saturated carbocycles. The number of nitrogens with two attached hydrogens (primary N) is 1. The normalized spacial score (nSPS) is 19.5. The number of ether oxygens (including phenoxy) is 1. The molecular weight excluding hydrogens is 240 g/mol. The summed E-state index contributed by atoms with van der Waals surface area (Å²) in [6.07, 6.45) is 3.48. The van der Waals surface area contributed by atoms with Crippen molar-refractivity contribution in [1.82, 2.24) is 0 Å². The number of anilines is 2. The van der Waals surface area contributed by atoms with Gasteiger partial charge in [0.2, 0.25) is 0 Å². The van der Waals surface area contributed by atoms with Crippen molar-refractivity contribution >= 4 is 11.4 Å². The van der Waals surface area contributed by atoms with Crippen molar-refractivity contribution in [3.8, 4) is 5.75 Å². The number of nitrogens with zero attached hydrogens (tertiary/aromatic N) is 1. The molecule has 0 aliphatic carbocycles. The first kappa shape index (κ1) is 14.0. The third-order valence-electron chi connectivity index (χ3n) is 3.66. The highest BCUT2D eigenvalue weighted by atomic mass is 16.5. The van der Waals surface area contributed by atoms with E-state index in [9.17, 15) is 0 Å². The smallest absolute Gasteiger partial charge is 0.125 e. The van der Waals surface area contributed by atoms with E-state index in [2.05, 4.69) is 30.9 Å². The molecule has 3 rings (SSSR count). The van der Waals surface area contributed by atoms with Crippen molar-refractivity contribution < 1.29 is 9.84 Å². The number of aliphatic hydroxyl groups excluding tert-OH is 1. The summed E-state index contributed by atoms with van der Waals surface area (Å²) in [6.45, 7) is 6.48. The molecule has 0 atom stereocenters. The summed E-state index contributed by atoms with van der Waals surface area (Å²) < 4.78 is 5.97. The Morgan fingerprint density at radius 1 is 1.21 bits per heavy atom. The largest absolute Gasteiger partial charge is 0.487 e. The van der Waals surface area contributed by atoms with Crippen LogP contribution in [0, 0.1) is 0 Å². The molecule has 4 heteroatoms. The van der Waals surface area contributed by atoms with Gasteiger partial charge in [0, 0.05) is 38.2 Å². The quantitative estimate of drug-likeness (QED) is 0.763. The summed E-state index contributed by atoms with van der Waals surface area (Å²) in [7, 11) is 1.00. The highest BCUT2D eigenvalue weighted by molar-refractivity contribution is 5.72. The number of benzene rings is 1. The molecule has 0 unspecified atom stereocenters. The molecule has 0 spiro atoms. The van der Waals surface area contributed by atoms with E-state index in [0.717, 1.165) is 43.7 Å². The molecule has 2 aliphatic heterocycles. The van der Waals surface area contributed by atoms with Crippen molar-refractivity contribution in [2.45, 2.75) is 38.7 Å². The summed E-state index contributed by atoms with van der Waals surface area (Å²) in [5, 5.41) is 7.00. The molecule has 0 bridgehead atoms. The van der Waals surface area contributed by atoms with Crippen molar-refractivity contribution in [1.29, 1.82) is 0 Å². The van der Waals surface area contributed by atoms with E-state index < -0.39 is 0 Å². The van der Waals surface area contributed by atoms with Crippen LogP contribution in [0.5, 0.6) is 5.75 Å². The number of nitrogen functional groups attached to an aromatic ring is 1. The molecule has 0 amide bonds. The third-order valence-corrected chi connectivity index (χ3v) is 3.66. The first-order chi connectivity index (χ1) is 9.05. The standard InChI is InChI=1S/C14H20N2O.CH4O/c1-14(2)9-10-7-11(15)12(8-13(10)17-14)16-5-3-4-6-16;1-2/h7-8H,3-6,9,15H2,1-2H3;2H,1H3. The summed E-state index contributed by atoms with van der Waals surface area (Å²) in [6, 6.07) is 4.22.